The van der Waals surface area contributed by atoms with Crippen molar-refractivity contribution in [3.8, 4) is 0 Å². The molecule has 27 heavy (non-hydrogen) atoms. The summed E-state index contributed by atoms with van der Waals surface area (Å²) in [6.45, 7) is 5.36. The highest BCUT2D eigenvalue weighted by Gasteiger charge is 2.35. The van der Waals surface area contributed by atoms with E-state index in [1.165, 1.54) is 24.8 Å². The van der Waals surface area contributed by atoms with Crippen LogP contribution in [0.5, 0.6) is 0 Å². The Morgan fingerprint density at radius 2 is 2.04 bits per heavy atom. The minimum absolute atomic E-state index is 0.00274. The lowest BCUT2D eigenvalue weighted by Gasteiger charge is -2.18. The van der Waals surface area contributed by atoms with E-state index in [4.69, 9.17) is 9.47 Å². The van der Waals surface area contributed by atoms with E-state index in [0.29, 0.717) is 16.6 Å². The molecule has 0 amide bonds. The van der Waals surface area contributed by atoms with Crippen molar-refractivity contribution in [1.82, 2.24) is 9.97 Å². The van der Waals surface area contributed by atoms with Gasteiger partial charge in [-0.05, 0) is 38.8 Å². The Balaban J connectivity index is 1.96. The van der Waals surface area contributed by atoms with E-state index in [2.05, 4.69) is 9.97 Å². The van der Waals surface area contributed by atoms with Crippen LogP contribution in [0.15, 0.2) is 22.8 Å². The smallest absolute Gasteiger partial charge is 0.202 e. The van der Waals surface area contributed by atoms with Gasteiger partial charge in [0.05, 0.1) is 21.6 Å². The van der Waals surface area contributed by atoms with Gasteiger partial charge < -0.3 is 9.47 Å². The number of thiophene rings is 1. The number of carbonyl (C=O) groups excluding carboxylic acids is 1. The predicted molar refractivity (Wildman–Crippen MR) is 103 cm³/mol. The van der Waals surface area contributed by atoms with E-state index in [1.54, 1.807) is 26.8 Å². The second-order valence-electron chi connectivity index (χ2n) is 7.37. The highest BCUT2D eigenvalue weighted by atomic mass is 32.2. The summed E-state index contributed by atoms with van der Waals surface area (Å²) >= 11 is 1.29. The maximum Gasteiger partial charge on any atom is 0.202 e. The standard InChI is InChI=1S/C18H22N2O5S2/c1-18(2,3)27(22,23)17-16-15(19-9-20-17)13(8-26-16)11-5-12(14(21)6-11)7-25-10-24-4/h6,8-9,12H,5,7,10H2,1-4H3. The van der Waals surface area contributed by atoms with Crippen molar-refractivity contribution in [2.75, 3.05) is 20.5 Å². The number of fused-ring (bicyclic) bond motifs is 1. The van der Waals surface area contributed by atoms with Crippen molar-refractivity contribution in [2.24, 2.45) is 5.92 Å². The van der Waals surface area contributed by atoms with E-state index in [0.717, 1.165) is 11.1 Å². The van der Waals surface area contributed by atoms with E-state index in [-0.39, 0.29) is 30.1 Å². The van der Waals surface area contributed by atoms with Gasteiger partial charge in [-0.3, -0.25) is 4.79 Å². The summed E-state index contributed by atoms with van der Waals surface area (Å²) in [6, 6.07) is 0. The van der Waals surface area contributed by atoms with Crippen LogP contribution in [0.25, 0.3) is 15.8 Å². The van der Waals surface area contributed by atoms with Crippen molar-refractivity contribution >= 4 is 42.7 Å². The van der Waals surface area contributed by atoms with Crippen LogP contribution in [-0.4, -0.2) is 49.4 Å². The SMILES string of the molecule is COCOCC1CC(c2csc3c(S(=O)(=O)C(C)(C)C)ncnc23)=CC1=O. The summed E-state index contributed by atoms with van der Waals surface area (Å²) in [4.78, 5) is 20.6. The second-order valence-corrected chi connectivity index (χ2v) is 10.9. The zero-order valence-electron chi connectivity index (χ0n) is 15.7. The van der Waals surface area contributed by atoms with Crippen LogP contribution in [0, 0.1) is 5.92 Å². The van der Waals surface area contributed by atoms with Gasteiger partial charge in [-0.15, -0.1) is 11.3 Å². The molecule has 1 aliphatic rings. The number of methoxy groups -OCH3 is 1. The number of hydrogen-bond acceptors (Lipinski definition) is 8. The fraction of sp³-hybridized carbons (Fsp3) is 0.500. The van der Waals surface area contributed by atoms with Crippen LogP contribution in [0.3, 0.4) is 0 Å². The lowest BCUT2D eigenvalue weighted by molar-refractivity contribution is -0.121. The van der Waals surface area contributed by atoms with Crippen molar-refractivity contribution < 1.29 is 22.7 Å². The van der Waals surface area contributed by atoms with E-state index >= 15 is 0 Å². The highest BCUT2D eigenvalue weighted by molar-refractivity contribution is 7.93. The predicted octanol–water partition coefficient (Wildman–Crippen LogP) is 2.86. The Morgan fingerprint density at radius 3 is 2.70 bits per heavy atom. The summed E-state index contributed by atoms with van der Waals surface area (Å²) in [5, 5.41) is 1.89. The molecule has 0 saturated carbocycles. The number of ether oxygens (including phenoxy) is 2. The van der Waals surface area contributed by atoms with Crippen LogP contribution in [0.4, 0.5) is 0 Å². The Bertz CT molecular complexity index is 1000. The third kappa shape index (κ3) is 3.69. The molecule has 146 valence electrons. The average Bonchev–Trinajstić information content (AvgIpc) is 3.17. The Hall–Kier alpha value is -1.68. The molecule has 9 heteroatoms. The molecule has 3 rings (SSSR count). The maximum atomic E-state index is 12.9. The maximum absolute atomic E-state index is 12.9. The largest absolute Gasteiger partial charge is 0.359 e. The highest BCUT2D eigenvalue weighted by Crippen LogP contribution is 2.39. The number of carbonyl (C=O) groups is 1. The third-order valence-electron chi connectivity index (χ3n) is 4.43. The summed E-state index contributed by atoms with van der Waals surface area (Å²) < 4.78 is 35.4. The molecule has 0 spiro atoms. The van der Waals surface area contributed by atoms with Gasteiger partial charge >= 0.3 is 0 Å². The monoisotopic (exact) mass is 410 g/mol. The zero-order chi connectivity index (χ0) is 19.8. The minimum atomic E-state index is -3.61. The summed E-state index contributed by atoms with van der Waals surface area (Å²) in [5.41, 5.74) is 2.19. The number of nitrogens with zero attached hydrogens (tertiary/aromatic N) is 2. The summed E-state index contributed by atoms with van der Waals surface area (Å²) in [6.07, 6.45) is 3.40. The first kappa shape index (κ1) is 20.1. The van der Waals surface area contributed by atoms with Crippen LogP contribution < -0.4 is 0 Å². The molecule has 0 N–H and O–H groups in total. The molecule has 0 radical (unpaired) electrons. The molecular formula is C18H22N2O5S2. The molecule has 0 saturated heterocycles. The van der Waals surface area contributed by atoms with Gasteiger partial charge in [0.1, 0.15) is 13.1 Å². The second kappa shape index (κ2) is 7.38. The molecule has 0 fully saturated rings. The van der Waals surface area contributed by atoms with Gasteiger partial charge in [0.2, 0.25) is 9.84 Å². The molecule has 0 aromatic carbocycles. The zero-order valence-corrected chi connectivity index (χ0v) is 17.3. The van der Waals surface area contributed by atoms with Crippen LogP contribution in [-0.2, 0) is 24.1 Å². The molecule has 7 nitrogen and oxygen atoms in total. The van der Waals surface area contributed by atoms with Gasteiger partial charge in [0.15, 0.2) is 10.8 Å². The third-order valence-corrected chi connectivity index (χ3v) is 7.97. The van der Waals surface area contributed by atoms with Crippen molar-refractivity contribution in [1.29, 1.82) is 0 Å². The molecule has 1 atom stereocenters. The summed E-state index contributed by atoms with van der Waals surface area (Å²) in [5.74, 6) is -0.262. The molecule has 1 unspecified atom stereocenters. The first-order valence-electron chi connectivity index (χ1n) is 8.45. The lowest BCUT2D eigenvalue weighted by atomic mass is 10.0. The van der Waals surface area contributed by atoms with Gasteiger partial charge in [-0.1, -0.05) is 0 Å². The minimum Gasteiger partial charge on any atom is -0.359 e. The number of rotatable bonds is 6. The first-order valence-corrected chi connectivity index (χ1v) is 10.8. The van der Waals surface area contributed by atoms with Crippen LogP contribution >= 0.6 is 11.3 Å². The van der Waals surface area contributed by atoms with E-state index in [1.807, 2.05) is 5.38 Å². The van der Waals surface area contributed by atoms with Gasteiger partial charge in [-0.25, -0.2) is 18.4 Å². The number of ketones is 1. The topological polar surface area (TPSA) is 95.5 Å². The molecule has 2 aromatic heterocycles. The van der Waals surface area contributed by atoms with Crippen molar-refractivity contribution in [2.45, 2.75) is 37.0 Å². The Labute approximate surface area is 162 Å². The van der Waals surface area contributed by atoms with E-state index < -0.39 is 14.6 Å². The van der Waals surface area contributed by atoms with Crippen molar-refractivity contribution in [3.05, 3.63) is 23.3 Å². The van der Waals surface area contributed by atoms with Crippen LogP contribution in [0.2, 0.25) is 0 Å². The van der Waals surface area contributed by atoms with Gasteiger partial charge in [0.25, 0.3) is 0 Å². The fourth-order valence-electron chi connectivity index (χ4n) is 2.86. The molecule has 1 aliphatic carbocycles. The molecule has 2 heterocycles. The lowest BCUT2D eigenvalue weighted by Crippen LogP contribution is -2.28. The Morgan fingerprint density at radius 1 is 1.30 bits per heavy atom. The first-order chi connectivity index (χ1) is 12.7. The normalized spacial score (nSPS) is 18.3. The molecule has 0 bridgehead atoms. The Kier molecular flexibility index (Phi) is 5.49. The number of hydrogen-bond donors (Lipinski definition) is 0. The quantitative estimate of drug-likeness (QED) is 0.410. The van der Waals surface area contributed by atoms with Crippen LogP contribution in [0.1, 0.15) is 32.8 Å². The van der Waals surface area contributed by atoms with E-state index in [9.17, 15) is 13.2 Å². The van der Waals surface area contributed by atoms with Gasteiger partial charge in [-0.2, -0.15) is 0 Å². The number of allylic oxidation sites excluding steroid dienone is 2. The number of aromatic nitrogens is 2. The summed E-state index contributed by atoms with van der Waals surface area (Å²) in [7, 11) is -2.08. The molecule has 0 aliphatic heterocycles. The van der Waals surface area contributed by atoms with Gasteiger partial charge in [0, 0.05) is 24.0 Å². The molecule has 2 aromatic rings. The van der Waals surface area contributed by atoms with Crippen molar-refractivity contribution in [3.63, 3.8) is 0 Å². The fourth-order valence-corrected chi connectivity index (χ4v) is 5.36. The average molecular weight is 411 g/mol. The molecular weight excluding hydrogens is 388 g/mol. The number of sulfone groups is 1.